The molecule has 2 aromatic heterocycles. The largest absolute Gasteiger partial charge is 0.352 e. The summed E-state index contributed by atoms with van der Waals surface area (Å²) in [6.07, 6.45) is 1.70. The minimum absolute atomic E-state index is 0.120. The Kier molecular flexibility index (Phi) is 5.22. The van der Waals surface area contributed by atoms with Crippen molar-refractivity contribution in [3.8, 4) is 11.3 Å². The first kappa shape index (κ1) is 19.6. The molecule has 0 atom stereocenters. The first-order chi connectivity index (χ1) is 14.5. The number of carbonyl (C=O) groups is 2. The van der Waals surface area contributed by atoms with Crippen molar-refractivity contribution in [1.82, 2.24) is 20.6 Å². The van der Waals surface area contributed by atoms with Crippen LogP contribution in [-0.4, -0.2) is 28.3 Å². The third-order valence-electron chi connectivity index (χ3n) is 4.83. The highest BCUT2D eigenvalue weighted by atomic mass is 19.1. The number of nitrogens with zero attached hydrogens (tertiary/aromatic N) is 2. The van der Waals surface area contributed by atoms with Crippen molar-refractivity contribution < 1.29 is 18.4 Å². The summed E-state index contributed by atoms with van der Waals surface area (Å²) in [6, 6.07) is 8.47. The summed E-state index contributed by atoms with van der Waals surface area (Å²) in [5, 5.41) is 5.39. The van der Waals surface area contributed by atoms with E-state index < -0.39 is 11.6 Å². The molecule has 0 fully saturated rings. The van der Waals surface area contributed by atoms with Gasteiger partial charge in [0.2, 0.25) is 0 Å². The van der Waals surface area contributed by atoms with E-state index in [2.05, 4.69) is 20.6 Å². The normalized spacial score (nSPS) is 12.4. The Morgan fingerprint density at radius 3 is 2.60 bits per heavy atom. The number of hydrogen-bond donors (Lipinski definition) is 2. The van der Waals surface area contributed by atoms with Crippen molar-refractivity contribution in [2.24, 2.45) is 0 Å². The average Bonchev–Trinajstić information content (AvgIpc) is 3.10. The van der Waals surface area contributed by atoms with Crippen molar-refractivity contribution in [2.75, 3.05) is 6.54 Å². The number of carbonyl (C=O) groups excluding carboxylic acids is 2. The quantitative estimate of drug-likeness (QED) is 0.680. The SMILES string of the molecule is CCNC(=O)c1ccc(Cc2cc(-c3c(F)cccc3F)nc3c2C(=O)NC3)nc1. The lowest BCUT2D eigenvalue weighted by atomic mass is 9.98. The third-order valence-corrected chi connectivity index (χ3v) is 4.83. The van der Waals surface area contributed by atoms with Crippen molar-refractivity contribution in [3.63, 3.8) is 0 Å². The zero-order chi connectivity index (χ0) is 21.3. The molecule has 2 amide bonds. The third kappa shape index (κ3) is 3.63. The fourth-order valence-electron chi connectivity index (χ4n) is 3.44. The summed E-state index contributed by atoms with van der Waals surface area (Å²) >= 11 is 0. The zero-order valence-electron chi connectivity index (χ0n) is 16.1. The van der Waals surface area contributed by atoms with E-state index in [-0.39, 0.29) is 36.0 Å². The number of amides is 2. The van der Waals surface area contributed by atoms with Crippen molar-refractivity contribution in [1.29, 1.82) is 0 Å². The molecule has 0 radical (unpaired) electrons. The molecule has 3 aromatic rings. The molecule has 1 aliphatic rings. The van der Waals surface area contributed by atoms with Gasteiger partial charge in [0.1, 0.15) is 11.6 Å². The first-order valence-electron chi connectivity index (χ1n) is 9.46. The number of halogens is 2. The van der Waals surface area contributed by atoms with Crippen molar-refractivity contribution in [3.05, 3.63) is 82.3 Å². The van der Waals surface area contributed by atoms with E-state index >= 15 is 0 Å². The number of pyridine rings is 2. The molecule has 6 nitrogen and oxygen atoms in total. The number of nitrogens with one attached hydrogen (secondary N) is 2. The van der Waals surface area contributed by atoms with E-state index in [1.165, 1.54) is 18.3 Å². The number of aromatic nitrogens is 2. The Labute approximate surface area is 171 Å². The number of fused-ring (bicyclic) bond motifs is 1. The Bertz CT molecular complexity index is 1130. The molecule has 8 heteroatoms. The monoisotopic (exact) mass is 408 g/mol. The molecule has 0 unspecified atom stereocenters. The lowest BCUT2D eigenvalue weighted by Crippen LogP contribution is -2.22. The van der Waals surface area contributed by atoms with E-state index in [0.29, 0.717) is 34.6 Å². The molecule has 4 rings (SSSR count). The molecular weight excluding hydrogens is 390 g/mol. The van der Waals surface area contributed by atoms with Gasteiger partial charge < -0.3 is 10.6 Å². The van der Waals surface area contributed by atoms with E-state index in [9.17, 15) is 18.4 Å². The highest BCUT2D eigenvalue weighted by Gasteiger charge is 2.27. The van der Waals surface area contributed by atoms with Crippen LogP contribution in [0.15, 0.2) is 42.6 Å². The van der Waals surface area contributed by atoms with Gasteiger partial charge in [0.05, 0.1) is 34.6 Å². The van der Waals surface area contributed by atoms with Crippen molar-refractivity contribution in [2.45, 2.75) is 19.9 Å². The molecule has 152 valence electrons. The second-order valence-corrected chi connectivity index (χ2v) is 6.84. The lowest BCUT2D eigenvalue weighted by molar-refractivity contribution is 0.0951. The van der Waals surface area contributed by atoms with Crippen LogP contribution in [0.5, 0.6) is 0 Å². The molecule has 2 N–H and O–H groups in total. The summed E-state index contributed by atoms with van der Waals surface area (Å²) in [6.45, 7) is 2.52. The van der Waals surface area contributed by atoms with Gasteiger partial charge in [-0.05, 0) is 42.8 Å². The summed E-state index contributed by atoms with van der Waals surface area (Å²) in [7, 11) is 0. The van der Waals surface area contributed by atoms with E-state index in [1.807, 2.05) is 6.92 Å². The maximum absolute atomic E-state index is 14.3. The van der Waals surface area contributed by atoms with Crippen LogP contribution in [0.1, 0.15) is 44.6 Å². The maximum Gasteiger partial charge on any atom is 0.253 e. The molecule has 0 saturated heterocycles. The van der Waals surface area contributed by atoms with E-state index in [0.717, 1.165) is 12.1 Å². The highest BCUT2D eigenvalue weighted by molar-refractivity contribution is 5.99. The summed E-state index contributed by atoms with van der Waals surface area (Å²) in [5.74, 6) is -1.96. The molecule has 1 aliphatic heterocycles. The summed E-state index contributed by atoms with van der Waals surface area (Å²) in [4.78, 5) is 32.8. The van der Waals surface area contributed by atoms with Gasteiger partial charge in [-0.15, -0.1) is 0 Å². The molecule has 0 bridgehead atoms. The van der Waals surface area contributed by atoms with Crippen LogP contribution in [0.2, 0.25) is 0 Å². The number of hydrogen-bond acceptors (Lipinski definition) is 4. The molecule has 0 spiro atoms. The molecule has 0 aliphatic carbocycles. The van der Waals surface area contributed by atoms with Gasteiger partial charge in [-0.3, -0.25) is 14.6 Å². The van der Waals surface area contributed by atoms with Crippen LogP contribution in [0.4, 0.5) is 8.78 Å². The molecule has 0 saturated carbocycles. The Morgan fingerprint density at radius 2 is 1.93 bits per heavy atom. The molecule has 3 heterocycles. The van der Waals surface area contributed by atoms with Crippen LogP contribution in [0.25, 0.3) is 11.3 Å². The second-order valence-electron chi connectivity index (χ2n) is 6.84. The maximum atomic E-state index is 14.3. The minimum atomic E-state index is -0.727. The fraction of sp³-hybridized carbons (Fsp3) is 0.182. The van der Waals surface area contributed by atoms with Crippen molar-refractivity contribution >= 4 is 11.8 Å². The highest BCUT2D eigenvalue weighted by Crippen LogP contribution is 2.30. The standard InChI is InChI=1S/C22H18F2N4O2/c1-2-25-21(29)12-6-7-14(26-10-12)8-13-9-17(20-15(23)4-3-5-16(20)24)28-18-11-27-22(30)19(13)18/h3-7,9-10H,2,8,11H2,1H3,(H,25,29)(H,27,30). The Balaban J connectivity index is 1.73. The minimum Gasteiger partial charge on any atom is -0.352 e. The lowest BCUT2D eigenvalue weighted by Gasteiger charge is -2.11. The predicted octanol–water partition coefficient (Wildman–Crippen LogP) is 3.01. The van der Waals surface area contributed by atoms with Crippen LogP contribution >= 0.6 is 0 Å². The average molecular weight is 408 g/mol. The van der Waals surface area contributed by atoms with Gasteiger partial charge in [-0.2, -0.15) is 0 Å². The smallest absolute Gasteiger partial charge is 0.253 e. The van der Waals surface area contributed by atoms with Crippen LogP contribution in [0.3, 0.4) is 0 Å². The van der Waals surface area contributed by atoms with E-state index in [1.54, 1.807) is 12.1 Å². The van der Waals surface area contributed by atoms with Gasteiger partial charge in [0.15, 0.2) is 0 Å². The van der Waals surface area contributed by atoms with Crippen LogP contribution < -0.4 is 10.6 Å². The summed E-state index contributed by atoms with van der Waals surface area (Å²) in [5.41, 5.74) is 2.31. The van der Waals surface area contributed by atoms with Gasteiger partial charge in [0.25, 0.3) is 11.8 Å². The van der Waals surface area contributed by atoms with Gasteiger partial charge in [0, 0.05) is 24.9 Å². The second kappa shape index (κ2) is 7.98. The van der Waals surface area contributed by atoms with E-state index in [4.69, 9.17) is 0 Å². The zero-order valence-corrected chi connectivity index (χ0v) is 16.1. The van der Waals surface area contributed by atoms with Gasteiger partial charge in [-0.1, -0.05) is 6.07 Å². The fourth-order valence-corrected chi connectivity index (χ4v) is 3.44. The molecular formula is C22H18F2N4O2. The molecule has 1 aromatic carbocycles. The number of benzene rings is 1. The van der Waals surface area contributed by atoms with Crippen LogP contribution in [-0.2, 0) is 13.0 Å². The van der Waals surface area contributed by atoms with Gasteiger partial charge >= 0.3 is 0 Å². The van der Waals surface area contributed by atoms with Gasteiger partial charge in [-0.25, -0.2) is 13.8 Å². The first-order valence-corrected chi connectivity index (χ1v) is 9.46. The summed E-state index contributed by atoms with van der Waals surface area (Å²) < 4.78 is 28.6. The topological polar surface area (TPSA) is 84.0 Å². The van der Waals surface area contributed by atoms with Crippen LogP contribution in [0, 0.1) is 11.6 Å². The predicted molar refractivity (Wildman–Crippen MR) is 106 cm³/mol. The Hall–Kier alpha value is -3.68. The molecule has 30 heavy (non-hydrogen) atoms. The Morgan fingerprint density at radius 1 is 1.17 bits per heavy atom. The number of rotatable bonds is 5.